The van der Waals surface area contributed by atoms with Crippen molar-refractivity contribution in [3.05, 3.63) is 24.3 Å². The lowest BCUT2D eigenvalue weighted by Crippen LogP contribution is -2.45. The van der Waals surface area contributed by atoms with Gasteiger partial charge in [0.2, 0.25) is 5.91 Å². The molecular formula is C68H131NO5. The molecule has 0 aromatic rings. The molecule has 438 valence electrons. The zero-order chi connectivity index (χ0) is 53.6. The third-order valence-corrected chi connectivity index (χ3v) is 15.7. The number of hydrogen-bond acceptors (Lipinski definition) is 5. The molecule has 2 unspecified atom stereocenters. The molecule has 0 aromatic heterocycles. The Morgan fingerprint density at radius 2 is 0.635 bits per heavy atom. The fraction of sp³-hybridized carbons (Fsp3) is 0.912. The predicted molar refractivity (Wildman–Crippen MR) is 324 cm³/mol. The molecule has 0 bridgehead atoms. The number of aliphatic hydroxyl groups is 2. The maximum atomic E-state index is 12.5. The van der Waals surface area contributed by atoms with Gasteiger partial charge in [-0.05, 0) is 57.8 Å². The Hall–Kier alpha value is -1.66. The summed E-state index contributed by atoms with van der Waals surface area (Å²) in [4.78, 5) is 24.6. The normalized spacial score (nSPS) is 12.6. The summed E-state index contributed by atoms with van der Waals surface area (Å²) in [5.41, 5.74) is 0. The molecule has 0 aliphatic carbocycles. The van der Waals surface area contributed by atoms with E-state index in [1.165, 1.54) is 302 Å². The Morgan fingerprint density at radius 3 is 0.959 bits per heavy atom. The molecule has 6 heteroatoms. The minimum absolute atomic E-state index is 0.0144. The van der Waals surface area contributed by atoms with Crippen LogP contribution in [0.5, 0.6) is 0 Å². The van der Waals surface area contributed by atoms with Crippen molar-refractivity contribution in [3.8, 4) is 0 Å². The number of aliphatic hydroxyl groups excluding tert-OH is 2. The van der Waals surface area contributed by atoms with Gasteiger partial charge >= 0.3 is 5.97 Å². The second-order valence-corrected chi connectivity index (χ2v) is 23.2. The topological polar surface area (TPSA) is 95.9 Å². The molecule has 0 aromatic carbocycles. The molecule has 0 rings (SSSR count). The molecular weight excluding hydrogens is 911 g/mol. The van der Waals surface area contributed by atoms with Crippen LogP contribution in [0.25, 0.3) is 0 Å². The summed E-state index contributed by atoms with van der Waals surface area (Å²) in [7, 11) is 0. The Morgan fingerprint density at radius 1 is 0.365 bits per heavy atom. The highest BCUT2D eigenvalue weighted by Crippen LogP contribution is 2.18. The fourth-order valence-electron chi connectivity index (χ4n) is 10.6. The van der Waals surface area contributed by atoms with E-state index in [0.717, 1.165) is 44.9 Å². The summed E-state index contributed by atoms with van der Waals surface area (Å²) < 4.78 is 5.50. The average Bonchev–Trinajstić information content (AvgIpc) is 3.40. The Bertz CT molecular complexity index is 1150. The summed E-state index contributed by atoms with van der Waals surface area (Å²) >= 11 is 0. The van der Waals surface area contributed by atoms with Crippen molar-refractivity contribution >= 4 is 11.9 Å². The number of esters is 1. The van der Waals surface area contributed by atoms with Gasteiger partial charge in [-0.3, -0.25) is 9.59 Å². The van der Waals surface area contributed by atoms with E-state index in [0.29, 0.717) is 19.4 Å². The lowest BCUT2D eigenvalue weighted by molar-refractivity contribution is -0.143. The van der Waals surface area contributed by atoms with Crippen LogP contribution in [-0.2, 0) is 14.3 Å². The predicted octanol–water partition coefficient (Wildman–Crippen LogP) is 21.4. The molecule has 2 atom stereocenters. The van der Waals surface area contributed by atoms with Crippen LogP contribution in [0, 0.1) is 0 Å². The van der Waals surface area contributed by atoms with Gasteiger partial charge < -0.3 is 20.3 Å². The molecule has 3 N–H and O–H groups in total. The van der Waals surface area contributed by atoms with E-state index in [2.05, 4.69) is 31.3 Å². The third kappa shape index (κ3) is 59.6. The first-order valence-electron chi connectivity index (χ1n) is 33.6. The summed E-state index contributed by atoms with van der Waals surface area (Å²) in [6, 6.07) is -0.633. The van der Waals surface area contributed by atoms with Crippen LogP contribution >= 0.6 is 0 Å². The van der Waals surface area contributed by atoms with Crippen molar-refractivity contribution in [3.63, 3.8) is 0 Å². The molecule has 0 saturated carbocycles. The highest BCUT2D eigenvalue weighted by Gasteiger charge is 2.18. The highest BCUT2D eigenvalue weighted by molar-refractivity contribution is 5.76. The third-order valence-electron chi connectivity index (χ3n) is 15.7. The van der Waals surface area contributed by atoms with Crippen molar-refractivity contribution in [2.75, 3.05) is 13.2 Å². The SMILES string of the molecule is CCCCCCCCCCCCCCCCC/C=C/C(O)C(CO)NC(=O)CCCCCCCCC/C=C\CCCCCCCCCCCCCOC(=O)CCCCCCCCCCCCCCCCCCCC. The fourth-order valence-corrected chi connectivity index (χ4v) is 10.6. The standard InChI is InChI=1S/C68H131NO5/c1-3-5-7-9-11-13-15-17-19-21-30-34-38-42-46-50-54-58-62-68(73)74-63-59-55-51-47-43-39-35-31-27-25-23-22-24-26-29-33-37-41-45-49-53-57-61-67(72)69-65(64-70)66(71)60-56-52-48-44-40-36-32-28-20-18-16-14-12-10-8-6-4-2/h24,26,56,60,65-66,70-71H,3-23,25,27-55,57-59,61-64H2,1-2H3,(H,69,72)/b26-24-,60-56+. The number of carbonyl (C=O) groups is 2. The maximum absolute atomic E-state index is 12.5. The van der Waals surface area contributed by atoms with Gasteiger partial charge in [0.15, 0.2) is 0 Å². The summed E-state index contributed by atoms with van der Waals surface area (Å²) in [6.07, 6.45) is 79.5. The van der Waals surface area contributed by atoms with E-state index in [4.69, 9.17) is 4.74 Å². The lowest BCUT2D eigenvalue weighted by atomic mass is 10.0. The smallest absolute Gasteiger partial charge is 0.305 e. The number of rotatable bonds is 63. The molecule has 6 nitrogen and oxygen atoms in total. The Labute approximate surface area is 462 Å². The first kappa shape index (κ1) is 72.3. The summed E-state index contributed by atoms with van der Waals surface area (Å²) in [5, 5.41) is 23.2. The van der Waals surface area contributed by atoms with Crippen molar-refractivity contribution in [1.82, 2.24) is 5.32 Å². The van der Waals surface area contributed by atoms with Gasteiger partial charge in [0, 0.05) is 12.8 Å². The monoisotopic (exact) mass is 1040 g/mol. The summed E-state index contributed by atoms with van der Waals surface area (Å²) in [6.45, 7) is 4.93. The van der Waals surface area contributed by atoms with Gasteiger partial charge in [-0.25, -0.2) is 0 Å². The van der Waals surface area contributed by atoms with E-state index >= 15 is 0 Å². The number of allylic oxidation sites excluding steroid dienone is 3. The largest absolute Gasteiger partial charge is 0.466 e. The lowest BCUT2D eigenvalue weighted by Gasteiger charge is -2.20. The minimum Gasteiger partial charge on any atom is -0.466 e. The van der Waals surface area contributed by atoms with E-state index < -0.39 is 12.1 Å². The highest BCUT2D eigenvalue weighted by atomic mass is 16.5. The van der Waals surface area contributed by atoms with Crippen LogP contribution in [-0.4, -0.2) is 47.4 Å². The van der Waals surface area contributed by atoms with Crippen LogP contribution in [0.3, 0.4) is 0 Å². The molecule has 0 fully saturated rings. The van der Waals surface area contributed by atoms with Gasteiger partial charge in [0.05, 0.1) is 25.4 Å². The maximum Gasteiger partial charge on any atom is 0.305 e. The van der Waals surface area contributed by atoms with Crippen molar-refractivity contribution in [2.45, 2.75) is 386 Å². The number of amides is 1. The van der Waals surface area contributed by atoms with E-state index in [1.807, 2.05) is 6.08 Å². The summed E-state index contributed by atoms with van der Waals surface area (Å²) in [5.74, 6) is -0.0579. The second-order valence-electron chi connectivity index (χ2n) is 23.2. The van der Waals surface area contributed by atoms with Gasteiger partial charge in [0.25, 0.3) is 0 Å². The second kappa shape index (κ2) is 63.9. The zero-order valence-electron chi connectivity index (χ0n) is 50.1. The first-order valence-corrected chi connectivity index (χ1v) is 33.6. The first-order chi connectivity index (χ1) is 36.5. The van der Waals surface area contributed by atoms with E-state index in [9.17, 15) is 19.8 Å². The zero-order valence-corrected chi connectivity index (χ0v) is 50.1. The Balaban J connectivity index is 3.41. The van der Waals surface area contributed by atoms with Gasteiger partial charge in [-0.2, -0.15) is 0 Å². The Kier molecular flexibility index (Phi) is 62.4. The van der Waals surface area contributed by atoms with Gasteiger partial charge in [-0.1, -0.05) is 327 Å². The molecule has 1 amide bonds. The quantitative estimate of drug-likeness (QED) is 0.0320. The van der Waals surface area contributed by atoms with Crippen molar-refractivity contribution in [1.29, 1.82) is 0 Å². The number of unbranched alkanes of at least 4 members (excludes halogenated alkanes) is 50. The molecule has 0 radical (unpaired) electrons. The van der Waals surface area contributed by atoms with Crippen molar-refractivity contribution < 1.29 is 24.5 Å². The molecule has 0 aliphatic rings. The van der Waals surface area contributed by atoms with Crippen LogP contribution in [0.1, 0.15) is 373 Å². The molecule has 0 heterocycles. The van der Waals surface area contributed by atoms with E-state index in [-0.39, 0.29) is 18.5 Å². The van der Waals surface area contributed by atoms with Crippen LogP contribution in [0.15, 0.2) is 24.3 Å². The van der Waals surface area contributed by atoms with Gasteiger partial charge in [0.1, 0.15) is 0 Å². The number of hydrogen-bond donors (Lipinski definition) is 3. The van der Waals surface area contributed by atoms with E-state index in [1.54, 1.807) is 6.08 Å². The van der Waals surface area contributed by atoms with Crippen LogP contribution in [0.4, 0.5) is 0 Å². The number of nitrogens with one attached hydrogen (secondary N) is 1. The number of carbonyl (C=O) groups excluding carboxylic acids is 2. The van der Waals surface area contributed by atoms with Crippen molar-refractivity contribution in [2.24, 2.45) is 0 Å². The molecule has 0 saturated heterocycles. The molecule has 0 aliphatic heterocycles. The molecule has 74 heavy (non-hydrogen) atoms. The average molecular weight is 1040 g/mol. The van der Waals surface area contributed by atoms with Crippen LogP contribution in [0.2, 0.25) is 0 Å². The molecule has 0 spiro atoms. The minimum atomic E-state index is -0.849. The van der Waals surface area contributed by atoms with Gasteiger partial charge in [-0.15, -0.1) is 0 Å². The number of ether oxygens (including phenoxy) is 1. The van der Waals surface area contributed by atoms with Crippen LogP contribution < -0.4 is 5.32 Å².